The summed E-state index contributed by atoms with van der Waals surface area (Å²) in [6, 6.07) is 0. The minimum absolute atomic E-state index is 0.921. The Kier molecular flexibility index (Phi) is 1.54. The van der Waals surface area contributed by atoms with Crippen LogP contribution in [0.5, 0.6) is 0 Å². The van der Waals surface area contributed by atoms with Gasteiger partial charge >= 0.3 is 0 Å². The minimum atomic E-state index is 0.921. The van der Waals surface area contributed by atoms with Gasteiger partial charge in [0.05, 0.1) is 5.69 Å². The molecule has 0 bridgehead atoms. The van der Waals surface area contributed by atoms with Crippen molar-refractivity contribution in [3.05, 3.63) is 11.3 Å². The molecule has 0 fully saturated rings. The molecule has 1 aliphatic rings. The zero-order chi connectivity index (χ0) is 7.68. The zero-order valence-corrected chi connectivity index (χ0v) is 6.57. The van der Waals surface area contributed by atoms with E-state index in [9.17, 15) is 0 Å². The lowest BCUT2D eigenvalue weighted by Gasteiger charge is -2.12. The third kappa shape index (κ3) is 0.991. The van der Waals surface area contributed by atoms with Gasteiger partial charge in [-0.2, -0.15) is 5.10 Å². The van der Waals surface area contributed by atoms with Crippen LogP contribution in [-0.4, -0.2) is 23.8 Å². The second kappa shape index (κ2) is 2.54. The van der Waals surface area contributed by atoms with Gasteiger partial charge in [-0.1, -0.05) is 0 Å². The molecule has 0 radical (unpaired) electrons. The van der Waals surface area contributed by atoms with E-state index >= 15 is 0 Å². The molecule has 60 valence electrons. The molecule has 1 aromatic rings. The number of hydrogen-bond acceptors (Lipinski definition) is 3. The van der Waals surface area contributed by atoms with Gasteiger partial charge in [-0.25, -0.2) is 0 Å². The number of anilines is 1. The van der Waals surface area contributed by atoms with Crippen molar-refractivity contribution < 1.29 is 0 Å². The Balaban J connectivity index is 2.38. The van der Waals surface area contributed by atoms with Gasteiger partial charge in [0, 0.05) is 19.2 Å². The molecular formula is C7H12N4. The molecule has 0 aromatic carbocycles. The topological polar surface area (TPSA) is 52.7 Å². The molecule has 2 rings (SSSR count). The average molecular weight is 152 g/mol. The zero-order valence-electron chi connectivity index (χ0n) is 6.57. The largest absolute Gasteiger partial charge is 0.371 e. The molecule has 0 atom stereocenters. The van der Waals surface area contributed by atoms with Gasteiger partial charge < -0.3 is 10.6 Å². The van der Waals surface area contributed by atoms with Gasteiger partial charge in [0.1, 0.15) is 0 Å². The van der Waals surface area contributed by atoms with E-state index in [4.69, 9.17) is 0 Å². The summed E-state index contributed by atoms with van der Waals surface area (Å²) in [6.45, 7) is 1.98. The summed E-state index contributed by atoms with van der Waals surface area (Å²) in [7, 11) is 1.90. The molecule has 1 aromatic heterocycles. The van der Waals surface area contributed by atoms with E-state index in [-0.39, 0.29) is 0 Å². The van der Waals surface area contributed by atoms with Crippen LogP contribution in [0.15, 0.2) is 0 Å². The van der Waals surface area contributed by atoms with Crippen LogP contribution in [0.25, 0.3) is 0 Å². The van der Waals surface area contributed by atoms with Gasteiger partial charge in [-0.05, 0) is 13.0 Å². The summed E-state index contributed by atoms with van der Waals surface area (Å²) in [5.41, 5.74) is 2.56. The summed E-state index contributed by atoms with van der Waals surface area (Å²) < 4.78 is 0. The van der Waals surface area contributed by atoms with Crippen LogP contribution in [0, 0.1) is 0 Å². The molecule has 3 N–H and O–H groups in total. The fourth-order valence-corrected chi connectivity index (χ4v) is 1.45. The van der Waals surface area contributed by atoms with Gasteiger partial charge in [-0.15, -0.1) is 0 Å². The average Bonchev–Trinajstić information content (AvgIpc) is 2.47. The summed E-state index contributed by atoms with van der Waals surface area (Å²) in [5.74, 6) is 1.00. The van der Waals surface area contributed by atoms with Gasteiger partial charge in [-0.3, -0.25) is 5.10 Å². The number of fused-ring (bicyclic) bond motifs is 1. The van der Waals surface area contributed by atoms with E-state index in [0.29, 0.717) is 0 Å². The fourth-order valence-electron chi connectivity index (χ4n) is 1.45. The molecular weight excluding hydrogens is 140 g/mol. The smallest absolute Gasteiger partial charge is 0.151 e. The Labute approximate surface area is 65.4 Å². The standard InChI is InChI=1S/C7H12N4/c1-8-7-5-2-3-9-4-6(5)10-11-7/h9H,2-4H2,1H3,(H2,8,10,11). The first-order valence-corrected chi connectivity index (χ1v) is 3.86. The SMILES string of the molecule is CNc1n[nH]c2c1CCNC2. The highest BCUT2D eigenvalue weighted by Crippen LogP contribution is 2.18. The van der Waals surface area contributed by atoms with Gasteiger partial charge in [0.15, 0.2) is 5.82 Å². The van der Waals surface area contributed by atoms with E-state index in [2.05, 4.69) is 20.8 Å². The first-order valence-electron chi connectivity index (χ1n) is 3.86. The summed E-state index contributed by atoms with van der Waals surface area (Å²) in [4.78, 5) is 0. The first kappa shape index (κ1) is 6.67. The number of nitrogens with one attached hydrogen (secondary N) is 3. The molecule has 0 unspecified atom stereocenters. The van der Waals surface area contributed by atoms with Crippen LogP contribution >= 0.6 is 0 Å². The lowest BCUT2D eigenvalue weighted by atomic mass is 10.1. The van der Waals surface area contributed by atoms with E-state index < -0.39 is 0 Å². The van der Waals surface area contributed by atoms with Crippen LogP contribution in [0.1, 0.15) is 11.3 Å². The van der Waals surface area contributed by atoms with Crippen LogP contribution in [0.2, 0.25) is 0 Å². The van der Waals surface area contributed by atoms with Crippen molar-refractivity contribution in [2.24, 2.45) is 0 Å². The Morgan fingerprint density at radius 1 is 1.55 bits per heavy atom. The van der Waals surface area contributed by atoms with Gasteiger partial charge in [0.25, 0.3) is 0 Å². The second-order valence-corrected chi connectivity index (χ2v) is 2.71. The molecule has 4 nitrogen and oxygen atoms in total. The quantitative estimate of drug-likeness (QED) is 0.535. The molecule has 0 spiro atoms. The van der Waals surface area contributed by atoms with Crippen molar-refractivity contribution in [1.82, 2.24) is 15.5 Å². The van der Waals surface area contributed by atoms with E-state index in [1.54, 1.807) is 0 Å². The Morgan fingerprint density at radius 2 is 2.45 bits per heavy atom. The molecule has 2 heterocycles. The maximum atomic E-state index is 4.14. The molecule has 11 heavy (non-hydrogen) atoms. The minimum Gasteiger partial charge on any atom is -0.371 e. The summed E-state index contributed by atoms with van der Waals surface area (Å²) in [6.07, 6.45) is 1.07. The van der Waals surface area contributed by atoms with Crippen LogP contribution < -0.4 is 10.6 Å². The number of H-pyrrole nitrogens is 1. The van der Waals surface area contributed by atoms with E-state index in [1.807, 2.05) is 7.05 Å². The summed E-state index contributed by atoms with van der Waals surface area (Å²) in [5, 5.41) is 13.5. The monoisotopic (exact) mass is 152 g/mol. The Bertz CT molecular complexity index is 239. The van der Waals surface area contributed by atoms with Crippen molar-refractivity contribution >= 4 is 5.82 Å². The number of nitrogens with zero attached hydrogens (tertiary/aromatic N) is 1. The van der Waals surface area contributed by atoms with Crippen LogP contribution in [0.3, 0.4) is 0 Å². The van der Waals surface area contributed by atoms with Gasteiger partial charge in [0.2, 0.25) is 0 Å². The molecule has 4 heteroatoms. The highest BCUT2D eigenvalue weighted by atomic mass is 15.2. The third-order valence-electron chi connectivity index (χ3n) is 2.04. The van der Waals surface area contributed by atoms with Crippen molar-refractivity contribution in [3.63, 3.8) is 0 Å². The molecule has 0 saturated heterocycles. The lowest BCUT2D eigenvalue weighted by Crippen LogP contribution is -2.23. The van der Waals surface area contributed by atoms with Crippen molar-refractivity contribution in [2.75, 3.05) is 18.9 Å². The Morgan fingerprint density at radius 3 is 3.27 bits per heavy atom. The first-order chi connectivity index (χ1) is 5.42. The molecule has 0 saturated carbocycles. The third-order valence-corrected chi connectivity index (χ3v) is 2.04. The Hall–Kier alpha value is -1.03. The number of hydrogen-bond donors (Lipinski definition) is 3. The van der Waals surface area contributed by atoms with E-state index in [1.165, 1.54) is 11.3 Å². The fraction of sp³-hybridized carbons (Fsp3) is 0.571. The normalized spacial score (nSPS) is 16.1. The lowest BCUT2D eigenvalue weighted by molar-refractivity contribution is 0.633. The number of aromatic nitrogens is 2. The summed E-state index contributed by atoms with van der Waals surface area (Å²) >= 11 is 0. The van der Waals surface area contributed by atoms with Crippen molar-refractivity contribution in [1.29, 1.82) is 0 Å². The predicted octanol–water partition coefficient (Wildman–Crippen LogP) is 0.0971. The van der Waals surface area contributed by atoms with Crippen LogP contribution in [0.4, 0.5) is 5.82 Å². The maximum absolute atomic E-state index is 4.14. The molecule has 0 aliphatic carbocycles. The molecule has 0 amide bonds. The van der Waals surface area contributed by atoms with Crippen molar-refractivity contribution in [2.45, 2.75) is 13.0 Å². The van der Waals surface area contributed by atoms with Crippen LogP contribution in [-0.2, 0) is 13.0 Å². The highest BCUT2D eigenvalue weighted by Gasteiger charge is 2.14. The second-order valence-electron chi connectivity index (χ2n) is 2.71. The molecule has 1 aliphatic heterocycles. The van der Waals surface area contributed by atoms with Crippen molar-refractivity contribution in [3.8, 4) is 0 Å². The number of aromatic amines is 1. The number of rotatable bonds is 1. The maximum Gasteiger partial charge on any atom is 0.151 e. The van der Waals surface area contributed by atoms with E-state index in [0.717, 1.165) is 25.3 Å². The highest BCUT2D eigenvalue weighted by molar-refractivity contribution is 5.46. The predicted molar refractivity (Wildman–Crippen MR) is 43.5 cm³/mol.